The standard InChI is InChI=1S/C11H16O3/c1-3-8(4-2)10(11(12)13)9-6-5-7-14-9/h5-8,10H,3-4H2,1-2H3,(H,12,13). The smallest absolute Gasteiger partial charge is 0.314 e. The van der Waals surface area contributed by atoms with Gasteiger partial charge >= 0.3 is 5.97 Å². The van der Waals surface area contributed by atoms with E-state index in [0.717, 1.165) is 12.8 Å². The molecule has 1 heterocycles. The molecule has 1 rings (SSSR count). The summed E-state index contributed by atoms with van der Waals surface area (Å²) in [6.45, 7) is 4.01. The molecule has 3 heteroatoms. The summed E-state index contributed by atoms with van der Waals surface area (Å²) in [6.07, 6.45) is 3.23. The number of rotatable bonds is 5. The van der Waals surface area contributed by atoms with E-state index in [1.165, 1.54) is 6.26 Å². The fraction of sp³-hybridized carbons (Fsp3) is 0.545. The lowest BCUT2D eigenvalue weighted by Gasteiger charge is -2.18. The Balaban J connectivity index is 2.89. The van der Waals surface area contributed by atoms with Gasteiger partial charge in [-0.1, -0.05) is 26.7 Å². The Kier molecular flexibility index (Phi) is 3.74. The van der Waals surface area contributed by atoms with Gasteiger partial charge in [-0.3, -0.25) is 4.79 Å². The Morgan fingerprint density at radius 2 is 2.14 bits per heavy atom. The van der Waals surface area contributed by atoms with Crippen molar-refractivity contribution < 1.29 is 14.3 Å². The molecule has 0 saturated carbocycles. The number of hydrogen-bond donors (Lipinski definition) is 1. The first-order valence-electron chi connectivity index (χ1n) is 4.96. The minimum Gasteiger partial charge on any atom is -0.481 e. The number of carboxylic acids is 1. The molecule has 0 aliphatic carbocycles. The van der Waals surface area contributed by atoms with Crippen LogP contribution in [0.2, 0.25) is 0 Å². The Hall–Kier alpha value is -1.25. The molecule has 1 atom stereocenters. The normalized spacial score (nSPS) is 13.1. The first-order chi connectivity index (χ1) is 6.70. The Morgan fingerprint density at radius 3 is 2.50 bits per heavy atom. The van der Waals surface area contributed by atoms with E-state index in [-0.39, 0.29) is 5.92 Å². The average molecular weight is 196 g/mol. The summed E-state index contributed by atoms with van der Waals surface area (Å²) < 4.78 is 5.16. The highest BCUT2D eigenvalue weighted by atomic mass is 16.4. The van der Waals surface area contributed by atoms with Crippen LogP contribution < -0.4 is 0 Å². The van der Waals surface area contributed by atoms with Crippen molar-refractivity contribution in [1.29, 1.82) is 0 Å². The molecule has 0 saturated heterocycles. The fourth-order valence-corrected chi connectivity index (χ4v) is 1.78. The minimum atomic E-state index is -0.798. The molecule has 0 aliphatic rings. The predicted molar refractivity (Wildman–Crippen MR) is 53.2 cm³/mol. The third kappa shape index (κ3) is 2.16. The molecule has 0 amide bonds. The van der Waals surface area contributed by atoms with Crippen LogP contribution in [0, 0.1) is 5.92 Å². The van der Waals surface area contributed by atoms with Gasteiger partial charge in [0.2, 0.25) is 0 Å². The van der Waals surface area contributed by atoms with E-state index < -0.39 is 11.9 Å². The zero-order chi connectivity index (χ0) is 10.6. The lowest BCUT2D eigenvalue weighted by molar-refractivity contribution is -0.140. The molecule has 0 aromatic carbocycles. The van der Waals surface area contributed by atoms with Crippen LogP contribution in [0.25, 0.3) is 0 Å². The lowest BCUT2D eigenvalue weighted by Crippen LogP contribution is -2.20. The summed E-state index contributed by atoms with van der Waals surface area (Å²) in [5.41, 5.74) is 0. The van der Waals surface area contributed by atoms with Crippen molar-refractivity contribution in [2.45, 2.75) is 32.6 Å². The SMILES string of the molecule is CCC(CC)C(C(=O)O)c1ccco1. The van der Waals surface area contributed by atoms with E-state index in [9.17, 15) is 4.79 Å². The molecular formula is C11H16O3. The Bertz CT molecular complexity index is 273. The molecule has 0 bridgehead atoms. The monoisotopic (exact) mass is 196 g/mol. The molecule has 0 fully saturated rings. The molecule has 1 aromatic rings. The molecule has 0 spiro atoms. The first-order valence-corrected chi connectivity index (χ1v) is 4.96. The highest BCUT2D eigenvalue weighted by Crippen LogP contribution is 2.30. The van der Waals surface area contributed by atoms with Gasteiger partial charge in [-0.25, -0.2) is 0 Å². The maximum absolute atomic E-state index is 11.1. The van der Waals surface area contributed by atoms with Crippen molar-refractivity contribution in [3.8, 4) is 0 Å². The van der Waals surface area contributed by atoms with Crippen molar-refractivity contribution in [2.24, 2.45) is 5.92 Å². The lowest BCUT2D eigenvalue weighted by atomic mass is 9.86. The molecular weight excluding hydrogens is 180 g/mol. The second-order valence-electron chi connectivity index (χ2n) is 3.41. The topological polar surface area (TPSA) is 50.4 Å². The highest BCUT2D eigenvalue weighted by molar-refractivity contribution is 5.75. The van der Waals surface area contributed by atoms with Gasteiger partial charge in [-0.05, 0) is 18.1 Å². The van der Waals surface area contributed by atoms with Crippen molar-refractivity contribution in [3.05, 3.63) is 24.2 Å². The van der Waals surface area contributed by atoms with E-state index in [2.05, 4.69) is 0 Å². The predicted octanol–water partition coefficient (Wildman–Crippen LogP) is 2.88. The largest absolute Gasteiger partial charge is 0.481 e. The number of aliphatic carboxylic acids is 1. The van der Waals surface area contributed by atoms with E-state index in [1.807, 2.05) is 13.8 Å². The van der Waals surface area contributed by atoms with Crippen LogP contribution in [-0.4, -0.2) is 11.1 Å². The summed E-state index contributed by atoms with van der Waals surface area (Å²) in [5, 5.41) is 9.12. The van der Waals surface area contributed by atoms with Gasteiger partial charge in [-0.2, -0.15) is 0 Å². The van der Waals surface area contributed by atoms with Gasteiger partial charge in [0, 0.05) is 0 Å². The van der Waals surface area contributed by atoms with E-state index in [1.54, 1.807) is 12.1 Å². The third-order valence-electron chi connectivity index (χ3n) is 2.64. The van der Waals surface area contributed by atoms with Crippen LogP contribution in [0.1, 0.15) is 38.4 Å². The first kappa shape index (κ1) is 10.8. The van der Waals surface area contributed by atoms with Crippen LogP contribution >= 0.6 is 0 Å². The van der Waals surface area contributed by atoms with Gasteiger partial charge in [0.25, 0.3) is 0 Å². The van der Waals surface area contributed by atoms with Gasteiger partial charge < -0.3 is 9.52 Å². The quantitative estimate of drug-likeness (QED) is 0.787. The van der Waals surface area contributed by atoms with Gasteiger partial charge in [-0.15, -0.1) is 0 Å². The summed E-state index contributed by atoms with van der Waals surface area (Å²) in [7, 11) is 0. The van der Waals surface area contributed by atoms with Crippen LogP contribution in [0.4, 0.5) is 0 Å². The number of furan rings is 1. The number of hydrogen-bond acceptors (Lipinski definition) is 2. The maximum Gasteiger partial charge on any atom is 0.314 e. The molecule has 14 heavy (non-hydrogen) atoms. The van der Waals surface area contributed by atoms with Crippen LogP contribution in [0.15, 0.2) is 22.8 Å². The highest BCUT2D eigenvalue weighted by Gasteiger charge is 2.29. The Labute approximate surface area is 83.7 Å². The third-order valence-corrected chi connectivity index (χ3v) is 2.64. The van der Waals surface area contributed by atoms with Gasteiger partial charge in [0.05, 0.1) is 6.26 Å². The van der Waals surface area contributed by atoms with E-state index >= 15 is 0 Å². The van der Waals surface area contributed by atoms with Crippen LogP contribution in [0.3, 0.4) is 0 Å². The van der Waals surface area contributed by atoms with E-state index in [0.29, 0.717) is 5.76 Å². The zero-order valence-corrected chi connectivity index (χ0v) is 8.56. The van der Waals surface area contributed by atoms with Crippen molar-refractivity contribution in [1.82, 2.24) is 0 Å². The van der Waals surface area contributed by atoms with Crippen molar-refractivity contribution >= 4 is 5.97 Å². The summed E-state index contributed by atoms with van der Waals surface area (Å²) in [5.74, 6) is -0.585. The molecule has 3 nitrogen and oxygen atoms in total. The summed E-state index contributed by atoms with van der Waals surface area (Å²) in [6, 6.07) is 3.46. The summed E-state index contributed by atoms with van der Waals surface area (Å²) >= 11 is 0. The molecule has 1 aromatic heterocycles. The minimum absolute atomic E-state index is 0.152. The van der Waals surface area contributed by atoms with Gasteiger partial charge in [0.15, 0.2) is 0 Å². The van der Waals surface area contributed by atoms with E-state index in [4.69, 9.17) is 9.52 Å². The van der Waals surface area contributed by atoms with Crippen molar-refractivity contribution in [3.63, 3.8) is 0 Å². The van der Waals surface area contributed by atoms with Gasteiger partial charge in [0.1, 0.15) is 11.7 Å². The number of carboxylic acid groups (broad SMARTS) is 1. The molecule has 0 aliphatic heterocycles. The summed E-state index contributed by atoms with van der Waals surface area (Å²) in [4.78, 5) is 11.1. The van der Waals surface area contributed by atoms with Crippen molar-refractivity contribution in [2.75, 3.05) is 0 Å². The van der Waals surface area contributed by atoms with Crippen LogP contribution in [-0.2, 0) is 4.79 Å². The molecule has 78 valence electrons. The Morgan fingerprint density at radius 1 is 1.50 bits per heavy atom. The zero-order valence-electron chi connectivity index (χ0n) is 8.56. The molecule has 0 radical (unpaired) electrons. The maximum atomic E-state index is 11.1. The molecule has 1 N–H and O–H groups in total. The second kappa shape index (κ2) is 4.84. The van der Waals surface area contributed by atoms with Crippen LogP contribution in [0.5, 0.6) is 0 Å². The number of carbonyl (C=O) groups is 1. The fourth-order valence-electron chi connectivity index (χ4n) is 1.78. The second-order valence-corrected chi connectivity index (χ2v) is 3.41. The molecule has 1 unspecified atom stereocenters. The average Bonchev–Trinajstić information content (AvgIpc) is 2.65.